The number of hydrogen-bond donors (Lipinski definition) is 1. The number of rotatable bonds is 4. The van der Waals surface area contributed by atoms with Gasteiger partial charge in [0.05, 0.1) is 12.7 Å². The molecule has 2 rings (SSSR count). The summed E-state index contributed by atoms with van der Waals surface area (Å²) < 4.78 is 6.76. The van der Waals surface area contributed by atoms with E-state index in [9.17, 15) is 0 Å². The molecule has 0 amide bonds. The summed E-state index contributed by atoms with van der Waals surface area (Å²) in [5.74, 6) is 0. The first-order valence-corrected chi connectivity index (χ1v) is 7.74. The lowest BCUT2D eigenvalue weighted by atomic mass is 10.1. The number of nitrogens with one attached hydrogen (secondary N) is 1. The summed E-state index contributed by atoms with van der Waals surface area (Å²) in [5, 5.41) is 3.50. The van der Waals surface area contributed by atoms with Crippen LogP contribution in [0.3, 0.4) is 0 Å². The molecule has 1 aliphatic heterocycles. The van der Waals surface area contributed by atoms with Crippen molar-refractivity contribution in [3.8, 4) is 0 Å². The maximum Gasteiger partial charge on any atom is 0.0722 e. The van der Waals surface area contributed by atoms with Crippen molar-refractivity contribution >= 4 is 21.6 Å². The molecule has 1 aliphatic rings. The first-order chi connectivity index (χ1) is 9.06. The predicted molar refractivity (Wildman–Crippen MR) is 83.7 cm³/mol. The number of halogens is 1. The lowest BCUT2D eigenvalue weighted by Crippen LogP contribution is -2.41. The smallest absolute Gasteiger partial charge is 0.0722 e. The number of morpholine rings is 1. The number of benzene rings is 1. The summed E-state index contributed by atoms with van der Waals surface area (Å²) >= 11 is 3.58. The molecule has 1 saturated heterocycles. The van der Waals surface area contributed by atoms with Gasteiger partial charge in [-0.1, -0.05) is 35.8 Å². The van der Waals surface area contributed by atoms with Crippen LogP contribution in [-0.4, -0.2) is 31.8 Å². The zero-order valence-electron chi connectivity index (χ0n) is 11.9. The van der Waals surface area contributed by atoms with E-state index in [0.717, 1.165) is 30.7 Å². The highest BCUT2D eigenvalue weighted by atomic mass is 79.9. The van der Waals surface area contributed by atoms with Crippen molar-refractivity contribution in [3.63, 3.8) is 0 Å². The van der Waals surface area contributed by atoms with E-state index < -0.39 is 0 Å². The first kappa shape index (κ1) is 14.8. The highest BCUT2D eigenvalue weighted by molar-refractivity contribution is 9.10. The summed E-state index contributed by atoms with van der Waals surface area (Å²) in [7, 11) is 0. The zero-order valence-corrected chi connectivity index (χ0v) is 13.5. The minimum absolute atomic E-state index is 0.304. The Morgan fingerprint density at radius 2 is 2.26 bits per heavy atom. The number of ether oxygens (including phenoxy) is 1. The van der Waals surface area contributed by atoms with Gasteiger partial charge in [0.1, 0.15) is 0 Å². The number of hydrogen-bond acceptors (Lipinski definition) is 3. The molecular weight excluding hydrogens is 304 g/mol. The Labute approximate surface area is 124 Å². The standard InChI is InChI=1S/C15H23BrN2O/c1-11(2)17-9-13-4-5-14(16)8-15(13)18-6-7-19-12(3)10-18/h4-5,8,11-12,17H,6-7,9-10H2,1-3H3. The van der Waals surface area contributed by atoms with Crippen molar-refractivity contribution in [2.75, 3.05) is 24.6 Å². The number of nitrogens with zero attached hydrogens (tertiary/aromatic N) is 1. The SMILES string of the molecule is CC(C)NCc1ccc(Br)cc1N1CCOC(C)C1. The Bertz CT molecular complexity index is 423. The van der Waals surface area contributed by atoms with Crippen LogP contribution in [0.1, 0.15) is 26.3 Å². The second-order valence-corrected chi connectivity index (χ2v) is 6.35. The maximum atomic E-state index is 5.63. The van der Waals surface area contributed by atoms with Crippen LogP contribution < -0.4 is 10.2 Å². The lowest BCUT2D eigenvalue weighted by molar-refractivity contribution is 0.0531. The molecule has 4 heteroatoms. The van der Waals surface area contributed by atoms with E-state index >= 15 is 0 Å². The Morgan fingerprint density at radius 1 is 1.47 bits per heavy atom. The van der Waals surface area contributed by atoms with Crippen LogP contribution in [0.5, 0.6) is 0 Å². The average molecular weight is 327 g/mol. The van der Waals surface area contributed by atoms with Crippen LogP contribution in [0.4, 0.5) is 5.69 Å². The second-order valence-electron chi connectivity index (χ2n) is 5.44. The molecule has 1 N–H and O–H groups in total. The average Bonchev–Trinajstić information content (AvgIpc) is 2.37. The van der Waals surface area contributed by atoms with E-state index in [-0.39, 0.29) is 0 Å². The van der Waals surface area contributed by atoms with Crippen LogP contribution in [-0.2, 0) is 11.3 Å². The molecule has 0 saturated carbocycles. The van der Waals surface area contributed by atoms with Gasteiger partial charge in [-0.25, -0.2) is 0 Å². The molecule has 106 valence electrons. The third-order valence-corrected chi connectivity index (χ3v) is 3.82. The highest BCUT2D eigenvalue weighted by Gasteiger charge is 2.19. The molecule has 1 aromatic rings. The largest absolute Gasteiger partial charge is 0.375 e. The van der Waals surface area contributed by atoms with Gasteiger partial charge < -0.3 is 15.0 Å². The summed E-state index contributed by atoms with van der Waals surface area (Å²) in [6, 6.07) is 7.04. The van der Waals surface area contributed by atoms with Gasteiger partial charge in [0.2, 0.25) is 0 Å². The molecule has 0 spiro atoms. The minimum atomic E-state index is 0.304. The minimum Gasteiger partial charge on any atom is -0.375 e. The van der Waals surface area contributed by atoms with Gasteiger partial charge in [-0.2, -0.15) is 0 Å². The third kappa shape index (κ3) is 4.20. The van der Waals surface area contributed by atoms with Crippen LogP contribution >= 0.6 is 15.9 Å². The van der Waals surface area contributed by atoms with E-state index in [0.29, 0.717) is 12.1 Å². The fourth-order valence-corrected chi connectivity index (χ4v) is 2.68. The van der Waals surface area contributed by atoms with E-state index in [4.69, 9.17) is 4.74 Å². The molecule has 3 nitrogen and oxygen atoms in total. The topological polar surface area (TPSA) is 24.5 Å². The molecule has 1 unspecified atom stereocenters. The fourth-order valence-electron chi connectivity index (χ4n) is 2.33. The van der Waals surface area contributed by atoms with Gasteiger partial charge in [0.15, 0.2) is 0 Å². The molecule has 19 heavy (non-hydrogen) atoms. The van der Waals surface area contributed by atoms with Crippen molar-refractivity contribution in [1.29, 1.82) is 0 Å². The van der Waals surface area contributed by atoms with Crippen molar-refractivity contribution < 1.29 is 4.74 Å². The van der Waals surface area contributed by atoms with Crippen LogP contribution in [0.15, 0.2) is 22.7 Å². The van der Waals surface area contributed by atoms with Gasteiger partial charge >= 0.3 is 0 Å². The van der Waals surface area contributed by atoms with Crippen molar-refractivity contribution in [2.24, 2.45) is 0 Å². The Balaban J connectivity index is 2.18. The van der Waals surface area contributed by atoms with Crippen molar-refractivity contribution in [1.82, 2.24) is 5.32 Å². The normalized spacial score (nSPS) is 20.1. The van der Waals surface area contributed by atoms with Crippen LogP contribution in [0.25, 0.3) is 0 Å². The molecule has 0 radical (unpaired) electrons. The van der Waals surface area contributed by atoms with E-state index in [1.54, 1.807) is 0 Å². The second kappa shape index (κ2) is 6.73. The molecule has 0 bridgehead atoms. The van der Waals surface area contributed by atoms with Gasteiger partial charge in [0.25, 0.3) is 0 Å². The molecule has 1 heterocycles. The van der Waals surface area contributed by atoms with Gasteiger partial charge in [-0.15, -0.1) is 0 Å². The number of anilines is 1. The van der Waals surface area contributed by atoms with Crippen molar-refractivity contribution in [3.05, 3.63) is 28.2 Å². The molecule has 1 atom stereocenters. The first-order valence-electron chi connectivity index (χ1n) is 6.94. The molecule has 1 aromatic carbocycles. The summed E-state index contributed by atoms with van der Waals surface area (Å²) in [5.41, 5.74) is 2.67. The Hall–Kier alpha value is -0.580. The molecular formula is C15H23BrN2O. The van der Waals surface area contributed by atoms with Crippen LogP contribution in [0.2, 0.25) is 0 Å². The molecule has 0 aromatic heterocycles. The zero-order chi connectivity index (χ0) is 13.8. The van der Waals surface area contributed by atoms with Gasteiger partial charge in [0, 0.05) is 35.8 Å². The van der Waals surface area contributed by atoms with Gasteiger partial charge in [-0.05, 0) is 24.6 Å². The van der Waals surface area contributed by atoms with E-state index in [1.165, 1.54) is 11.3 Å². The third-order valence-electron chi connectivity index (χ3n) is 3.33. The Morgan fingerprint density at radius 3 is 2.95 bits per heavy atom. The van der Waals surface area contributed by atoms with Crippen molar-refractivity contribution in [2.45, 2.75) is 39.5 Å². The van der Waals surface area contributed by atoms with E-state index in [1.807, 2.05) is 0 Å². The lowest BCUT2D eigenvalue weighted by Gasteiger charge is -2.34. The monoisotopic (exact) mass is 326 g/mol. The van der Waals surface area contributed by atoms with Crippen LogP contribution in [0, 0.1) is 0 Å². The fraction of sp³-hybridized carbons (Fsp3) is 0.600. The predicted octanol–water partition coefficient (Wildman–Crippen LogP) is 3.17. The summed E-state index contributed by atoms with van der Waals surface area (Å²) in [6.45, 7) is 10.1. The van der Waals surface area contributed by atoms with E-state index in [2.05, 4.69) is 65.1 Å². The molecule has 0 aliphatic carbocycles. The quantitative estimate of drug-likeness (QED) is 0.919. The Kier molecular flexibility index (Phi) is 5.25. The van der Waals surface area contributed by atoms with Gasteiger partial charge in [-0.3, -0.25) is 0 Å². The summed E-state index contributed by atoms with van der Waals surface area (Å²) in [4.78, 5) is 2.43. The maximum absolute atomic E-state index is 5.63. The molecule has 1 fully saturated rings. The highest BCUT2D eigenvalue weighted by Crippen LogP contribution is 2.27. The summed E-state index contributed by atoms with van der Waals surface area (Å²) in [6.07, 6.45) is 0.304.